The number of anilines is 3. The van der Waals surface area contributed by atoms with Crippen molar-refractivity contribution in [2.24, 2.45) is 0 Å². The first-order valence-corrected chi connectivity index (χ1v) is 11.4. The fourth-order valence-corrected chi connectivity index (χ4v) is 5.12. The SMILES string of the molecule is CN1CCN(c2cc3c(cc2Cl)CCN3C(=O)Nc2ccc3c(c2)CCCC3=O)CC1. The van der Waals surface area contributed by atoms with E-state index in [-0.39, 0.29) is 11.8 Å². The van der Waals surface area contributed by atoms with Gasteiger partial charge < -0.3 is 15.1 Å². The van der Waals surface area contributed by atoms with Crippen LogP contribution in [0.2, 0.25) is 5.02 Å². The van der Waals surface area contributed by atoms with Crippen molar-refractivity contribution in [2.45, 2.75) is 25.7 Å². The second-order valence-electron chi connectivity index (χ2n) is 8.70. The molecule has 1 N–H and O–H groups in total. The van der Waals surface area contributed by atoms with Gasteiger partial charge in [0.05, 0.1) is 16.4 Å². The average Bonchev–Trinajstić information content (AvgIpc) is 3.17. The van der Waals surface area contributed by atoms with Gasteiger partial charge in [-0.15, -0.1) is 0 Å². The first-order chi connectivity index (χ1) is 15.0. The maximum Gasteiger partial charge on any atom is 0.326 e. The van der Waals surface area contributed by atoms with E-state index in [1.165, 1.54) is 0 Å². The number of likely N-dealkylation sites (N-methyl/N-ethyl adjacent to an activating group) is 1. The molecule has 0 unspecified atom stereocenters. The summed E-state index contributed by atoms with van der Waals surface area (Å²) >= 11 is 6.61. The highest BCUT2D eigenvalue weighted by atomic mass is 35.5. The Morgan fingerprint density at radius 1 is 0.935 bits per heavy atom. The van der Waals surface area contributed by atoms with E-state index in [1.807, 2.05) is 24.3 Å². The molecule has 0 bridgehead atoms. The summed E-state index contributed by atoms with van der Waals surface area (Å²) in [4.78, 5) is 31.6. The minimum Gasteiger partial charge on any atom is -0.368 e. The number of halogens is 1. The highest BCUT2D eigenvalue weighted by molar-refractivity contribution is 6.33. The molecular formula is C24H27ClN4O2. The van der Waals surface area contributed by atoms with Gasteiger partial charge in [-0.25, -0.2) is 4.79 Å². The number of carbonyl (C=O) groups is 2. The number of Topliss-reactive ketones (excluding diaryl/α,β-unsaturated/α-hetero) is 1. The van der Waals surface area contributed by atoms with Gasteiger partial charge in [0.15, 0.2) is 5.78 Å². The summed E-state index contributed by atoms with van der Waals surface area (Å²) in [5.74, 6) is 0.195. The Kier molecular flexibility index (Phi) is 5.36. The quantitative estimate of drug-likeness (QED) is 0.763. The van der Waals surface area contributed by atoms with Crippen LogP contribution < -0.4 is 15.1 Å². The van der Waals surface area contributed by atoms with E-state index in [1.54, 1.807) is 4.90 Å². The number of hydrogen-bond donors (Lipinski definition) is 1. The lowest BCUT2D eigenvalue weighted by Gasteiger charge is -2.35. The van der Waals surface area contributed by atoms with Gasteiger partial charge in [0.1, 0.15) is 0 Å². The number of amides is 2. The zero-order chi connectivity index (χ0) is 21.5. The van der Waals surface area contributed by atoms with Crippen LogP contribution in [0.25, 0.3) is 0 Å². The lowest BCUT2D eigenvalue weighted by molar-refractivity contribution is 0.0972. The molecule has 1 saturated heterocycles. The molecule has 0 spiro atoms. The summed E-state index contributed by atoms with van der Waals surface area (Å²) in [5.41, 5.74) is 5.60. The summed E-state index contributed by atoms with van der Waals surface area (Å²) in [6.07, 6.45) is 3.16. The average molecular weight is 439 g/mol. The van der Waals surface area contributed by atoms with Crippen LogP contribution >= 0.6 is 11.6 Å². The molecule has 2 aliphatic heterocycles. The molecule has 162 valence electrons. The summed E-state index contributed by atoms with van der Waals surface area (Å²) in [7, 11) is 2.13. The maximum absolute atomic E-state index is 13.1. The van der Waals surface area contributed by atoms with Gasteiger partial charge >= 0.3 is 6.03 Å². The Morgan fingerprint density at radius 3 is 2.55 bits per heavy atom. The van der Waals surface area contributed by atoms with Crippen LogP contribution in [0, 0.1) is 0 Å². The Labute approximate surface area is 187 Å². The second kappa shape index (κ2) is 8.17. The van der Waals surface area contributed by atoms with E-state index in [9.17, 15) is 9.59 Å². The van der Waals surface area contributed by atoms with Crippen LogP contribution in [0.4, 0.5) is 21.9 Å². The maximum atomic E-state index is 13.1. The predicted molar refractivity (Wildman–Crippen MR) is 125 cm³/mol. The van der Waals surface area contributed by atoms with Gasteiger partial charge in [0.25, 0.3) is 0 Å². The first-order valence-electron chi connectivity index (χ1n) is 11.0. The Bertz CT molecular complexity index is 1050. The lowest BCUT2D eigenvalue weighted by Crippen LogP contribution is -2.44. The molecule has 0 radical (unpaired) electrons. The smallest absolute Gasteiger partial charge is 0.326 e. The third kappa shape index (κ3) is 3.90. The molecule has 0 atom stereocenters. The van der Waals surface area contributed by atoms with Crippen molar-refractivity contribution in [1.29, 1.82) is 0 Å². The molecule has 31 heavy (non-hydrogen) atoms. The summed E-state index contributed by atoms with van der Waals surface area (Å²) < 4.78 is 0. The number of piperazine rings is 1. The number of aryl methyl sites for hydroxylation is 1. The van der Waals surface area contributed by atoms with Gasteiger partial charge in [0, 0.05) is 50.4 Å². The van der Waals surface area contributed by atoms with E-state index >= 15 is 0 Å². The zero-order valence-corrected chi connectivity index (χ0v) is 18.5. The van der Waals surface area contributed by atoms with Crippen LogP contribution in [0.15, 0.2) is 30.3 Å². The fourth-order valence-electron chi connectivity index (χ4n) is 4.81. The first kappa shape index (κ1) is 20.3. The molecular weight excluding hydrogens is 412 g/mol. The van der Waals surface area contributed by atoms with Crippen LogP contribution in [0.3, 0.4) is 0 Å². The molecule has 2 heterocycles. The third-order valence-electron chi connectivity index (χ3n) is 6.64. The van der Waals surface area contributed by atoms with Gasteiger partial charge in [-0.1, -0.05) is 11.6 Å². The molecule has 6 nitrogen and oxygen atoms in total. The standard InChI is InChI=1S/C24H27ClN4O2/c1-27-9-11-28(12-10-27)22-15-21-17(14-20(22)25)7-8-29(21)24(31)26-18-5-6-19-16(13-18)3-2-4-23(19)30/h5-6,13-15H,2-4,7-12H2,1H3,(H,26,31). The summed E-state index contributed by atoms with van der Waals surface area (Å²) in [5, 5.41) is 3.79. The van der Waals surface area contributed by atoms with Gasteiger partial charge in [-0.3, -0.25) is 9.69 Å². The molecule has 2 aromatic carbocycles. The van der Waals surface area contributed by atoms with Crippen molar-refractivity contribution < 1.29 is 9.59 Å². The minimum absolute atomic E-state index is 0.146. The molecule has 2 amide bonds. The molecule has 5 rings (SSSR count). The van der Waals surface area contributed by atoms with E-state index < -0.39 is 0 Å². The van der Waals surface area contributed by atoms with Crippen molar-refractivity contribution in [3.8, 4) is 0 Å². The highest BCUT2D eigenvalue weighted by Crippen LogP contribution is 2.38. The van der Waals surface area contributed by atoms with Crippen LogP contribution in [-0.2, 0) is 12.8 Å². The van der Waals surface area contributed by atoms with E-state index in [2.05, 4.69) is 28.2 Å². The summed E-state index contributed by atoms with van der Waals surface area (Å²) in [6, 6.07) is 9.55. The minimum atomic E-state index is -0.146. The van der Waals surface area contributed by atoms with E-state index in [0.717, 1.165) is 84.2 Å². The van der Waals surface area contributed by atoms with Gasteiger partial charge in [-0.2, -0.15) is 0 Å². The fraction of sp³-hybridized carbons (Fsp3) is 0.417. The Morgan fingerprint density at radius 2 is 1.74 bits per heavy atom. The van der Waals surface area contributed by atoms with Crippen molar-refractivity contribution in [1.82, 2.24) is 4.90 Å². The third-order valence-corrected chi connectivity index (χ3v) is 6.94. The topological polar surface area (TPSA) is 55.9 Å². The molecule has 2 aromatic rings. The molecule has 3 aliphatic rings. The molecule has 7 heteroatoms. The largest absolute Gasteiger partial charge is 0.368 e. The van der Waals surface area contributed by atoms with Crippen molar-refractivity contribution in [3.05, 3.63) is 52.0 Å². The predicted octanol–water partition coefficient (Wildman–Crippen LogP) is 4.21. The monoisotopic (exact) mass is 438 g/mol. The van der Waals surface area contributed by atoms with Crippen molar-refractivity contribution >= 4 is 40.5 Å². The van der Waals surface area contributed by atoms with Crippen LogP contribution in [-0.4, -0.2) is 56.5 Å². The van der Waals surface area contributed by atoms with E-state index in [0.29, 0.717) is 13.0 Å². The summed E-state index contributed by atoms with van der Waals surface area (Å²) in [6.45, 7) is 4.48. The molecule has 1 fully saturated rings. The number of ketones is 1. The molecule has 1 aliphatic carbocycles. The number of hydrogen-bond acceptors (Lipinski definition) is 4. The Balaban J connectivity index is 1.36. The number of urea groups is 1. The molecule has 0 aromatic heterocycles. The van der Waals surface area contributed by atoms with Gasteiger partial charge in [-0.05, 0) is 67.8 Å². The van der Waals surface area contributed by atoms with Gasteiger partial charge in [0.2, 0.25) is 0 Å². The number of fused-ring (bicyclic) bond motifs is 2. The van der Waals surface area contributed by atoms with Crippen LogP contribution in [0.5, 0.6) is 0 Å². The van der Waals surface area contributed by atoms with Crippen LogP contribution in [0.1, 0.15) is 34.3 Å². The normalized spacial score (nSPS) is 18.7. The number of rotatable bonds is 2. The molecule has 0 saturated carbocycles. The lowest BCUT2D eigenvalue weighted by atomic mass is 9.90. The highest BCUT2D eigenvalue weighted by Gasteiger charge is 2.28. The number of carbonyl (C=O) groups excluding carboxylic acids is 2. The second-order valence-corrected chi connectivity index (χ2v) is 9.11. The Hall–Kier alpha value is -2.57. The number of nitrogens with one attached hydrogen (secondary N) is 1. The van der Waals surface area contributed by atoms with Crippen molar-refractivity contribution in [2.75, 3.05) is 54.9 Å². The van der Waals surface area contributed by atoms with Crippen molar-refractivity contribution in [3.63, 3.8) is 0 Å². The van der Waals surface area contributed by atoms with E-state index in [4.69, 9.17) is 11.6 Å². The number of nitrogens with zero attached hydrogens (tertiary/aromatic N) is 3. The number of benzene rings is 2. The zero-order valence-electron chi connectivity index (χ0n) is 17.8.